The first kappa shape index (κ1) is 17.2. The second-order valence-corrected chi connectivity index (χ2v) is 7.58. The number of carbonyl (C=O) groups excluding carboxylic acids is 1. The third-order valence-corrected chi connectivity index (χ3v) is 4.83. The lowest BCUT2D eigenvalue weighted by molar-refractivity contribution is -0.138. The van der Waals surface area contributed by atoms with Gasteiger partial charge in [-0.3, -0.25) is 4.79 Å². The van der Waals surface area contributed by atoms with Crippen molar-refractivity contribution >= 4 is 37.5 Å². The van der Waals surface area contributed by atoms with Gasteiger partial charge in [0, 0.05) is 29.0 Å². The molecule has 0 bridgehead atoms. The molecule has 1 amide bonds. The second-order valence-electron chi connectivity index (χ2n) is 5.07. The highest BCUT2D eigenvalue weighted by Crippen LogP contribution is 2.37. The van der Waals surface area contributed by atoms with Crippen LogP contribution in [0.15, 0.2) is 22.7 Å². The number of nitrogens with zero attached hydrogens (tertiary/aromatic N) is 1. The van der Waals surface area contributed by atoms with Crippen molar-refractivity contribution in [1.82, 2.24) is 0 Å². The van der Waals surface area contributed by atoms with Gasteiger partial charge in [0.1, 0.15) is 0 Å². The number of nitrogens with two attached hydrogens (primary N) is 1. The van der Waals surface area contributed by atoms with Crippen molar-refractivity contribution in [1.29, 1.82) is 0 Å². The molecule has 1 aliphatic heterocycles. The number of halogens is 4. The Morgan fingerprint density at radius 2 is 2.00 bits per heavy atom. The van der Waals surface area contributed by atoms with E-state index in [0.717, 1.165) is 6.07 Å². The number of hydrogen-bond acceptors (Lipinski definition) is 3. The Hall–Kier alpha value is -1.13. The summed E-state index contributed by atoms with van der Waals surface area (Å²) in [4.78, 5) is 13.2. The first-order valence-corrected chi connectivity index (χ1v) is 8.66. The van der Waals surface area contributed by atoms with Crippen molar-refractivity contribution in [3.05, 3.63) is 28.2 Å². The van der Waals surface area contributed by atoms with Gasteiger partial charge in [-0.2, -0.15) is 13.2 Å². The minimum absolute atomic E-state index is 0.00489. The number of anilines is 1. The van der Waals surface area contributed by atoms with Gasteiger partial charge in [-0.25, -0.2) is 13.6 Å². The molecule has 0 radical (unpaired) electrons. The minimum Gasteiger partial charge on any atom is -0.312 e. The molecule has 1 atom stereocenters. The van der Waals surface area contributed by atoms with Crippen molar-refractivity contribution < 1.29 is 26.4 Å². The van der Waals surface area contributed by atoms with E-state index in [2.05, 4.69) is 15.9 Å². The summed E-state index contributed by atoms with van der Waals surface area (Å²) >= 11 is 2.84. The van der Waals surface area contributed by atoms with Crippen molar-refractivity contribution in [3.8, 4) is 0 Å². The molecule has 0 spiro atoms. The molecule has 1 fully saturated rings. The molecule has 5 nitrogen and oxygen atoms in total. The SMILES string of the molecule is NS(=O)(=O)CC1CC(=O)N(c2ccc(C(F)(F)F)c(Br)c2)C1. The van der Waals surface area contributed by atoms with E-state index in [1.165, 1.54) is 17.0 Å². The first-order valence-electron chi connectivity index (χ1n) is 6.15. The molecule has 2 N–H and O–H groups in total. The maximum absolute atomic E-state index is 12.7. The molecule has 1 aromatic rings. The fourth-order valence-electron chi connectivity index (χ4n) is 2.37. The van der Waals surface area contributed by atoms with Gasteiger partial charge in [0.25, 0.3) is 0 Å². The molecular formula is C12H12BrF3N2O3S. The van der Waals surface area contributed by atoms with Crippen LogP contribution in [0.4, 0.5) is 18.9 Å². The summed E-state index contributed by atoms with van der Waals surface area (Å²) in [7, 11) is -3.71. The van der Waals surface area contributed by atoms with Gasteiger partial charge in [-0.15, -0.1) is 0 Å². The summed E-state index contributed by atoms with van der Waals surface area (Å²) in [6, 6.07) is 3.25. The van der Waals surface area contributed by atoms with Gasteiger partial charge in [0.15, 0.2) is 0 Å². The Morgan fingerprint density at radius 3 is 2.50 bits per heavy atom. The predicted octanol–water partition coefficient (Wildman–Crippen LogP) is 2.11. The summed E-state index contributed by atoms with van der Waals surface area (Å²) in [5, 5.41) is 4.95. The van der Waals surface area contributed by atoms with Crippen molar-refractivity contribution in [2.24, 2.45) is 11.1 Å². The monoisotopic (exact) mass is 400 g/mol. The second kappa shape index (κ2) is 5.82. The number of benzene rings is 1. The Kier molecular flexibility index (Phi) is 4.56. The third kappa shape index (κ3) is 3.99. The molecule has 0 aliphatic carbocycles. The zero-order valence-corrected chi connectivity index (χ0v) is 13.5. The maximum Gasteiger partial charge on any atom is 0.417 e. The van der Waals surface area contributed by atoms with E-state index >= 15 is 0 Å². The normalized spacial score (nSPS) is 19.8. The standard InChI is InChI=1S/C12H12BrF3N2O3S/c13-10-4-8(1-2-9(10)12(14,15)16)18-5-7(3-11(18)19)6-22(17,20)21/h1-2,4,7H,3,5-6H2,(H2,17,20,21). The molecule has 1 unspecified atom stereocenters. The van der Waals surface area contributed by atoms with E-state index in [9.17, 15) is 26.4 Å². The number of hydrogen-bond donors (Lipinski definition) is 1. The van der Waals surface area contributed by atoms with Crippen LogP contribution in [0.3, 0.4) is 0 Å². The molecule has 22 heavy (non-hydrogen) atoms. The van der Waals surface area contributed by atoms with Crippen LogP contribution in [0.5, 0.6) is 0 Å². The summed E-state index contributed by atoms with van der Waals surface area (Å²) in [6.07, 6.45) is -4.50. The fraction of sp³-hybridized carbons (Fsp3) is 0.417. The van der Waals surface area contributed by atoms with Gasteiger partial charge >= 0.3 is 6.18 Å². The molecule has 1 aliphatic rings. The fourth-order valence-corrected chi connectivity index (χ4v) is 3.84. The topological polar surface area (TPSA) is 80.5 Å². The molecule has 122 valence electrons. The van der Waals surface area contributed by atoms with Crippen molar-refractivity contribution in [2.45, 2.75) is 12.6 Å². The van der Waals surface area contributed by atoms with Gasteiger partial charge in [-0.1, -0.05) is 15.9 Å². The van der Waals surface area contributed by atoms with Gasteiger partial charge in [-0.05, 0) is 18.2 Å². The zero-order chi connectivity index (χ0) is 16.7. The maximum atomic E-state index is 12.7. The summed E-state index contributed by atoms with van der Waals surface area (Å²) in [6.45, 7) is 0.104. The van der Waals surface area contributed by atoms with E-state index in [1.807, 2.05) is 0 Å². The highest BCUT2D eigenvalue weighted by molar-refractivity contribution is 9.10. The summed E-state index contributed by atoms with van der Waals surface area (Å²) in [5.74, 6) is -1.15. The third-order valence-electron chi connectivity index (χ3n) is 3.24. The molecule has 2 rings (SSSR count). The van der Waals surface area contributed by atoms with E-state index in [0.29, 0.717) is 0 Å². The van der Waals surface area contributed by atoms with Gasteiger partial charge in [0.2, 0.25) is 15.9 Å². The molecule has 1 heterocycles. The Balaban J connectivity index is 2.22. The number of carbonyl (C=O) groups is 1. The molecule has 1 aromatic carbocycles. The van der Waals surface area contributed by atoms with Crippen LogP contribution in [0.1, 0.15) is 12.0 Å². The smallest absolute Gasteiger partial charge is 0.312 e. The lowest BCUT2D eigenvalue weighted by atomic mass is 10.1. The summed E-state index contributed by atoms with van der Waals surface area (Å²) in [5.41, 5.74) is -0.564. The number of alkyl halides is 3. The Bertz CT molecular complexity index is 706. The Morgan fingerprint density at radius 1 is 1.36 bits per heavy atom. The molecule has 0 aromatic heterocycles. The van der Waals surface area contributed by atoms with Gasteiger partial charge < -0.3 is 4.90 Å². The van der Waals surface area contributed by atoms with E-state index in [1.54, 1.807) is 0 Å². The molecule has 10 heteroatoms. The minimum atomic E-state index is -4.50. The van der Waals surface area contributed by atoms with Crippen molar-refractivity contribution in [3.63, 3.8) is 0 Å². The van der Waals surface area contributed by atoms with Crippen LogP contribution in [0.2, 0.25) is 0 Å². The Labute approximate surface area is 133 Å². The average Bonchev–Trinajstić information content (AvgIpc) is 2.65. The van der Waals surface area contributed by atoms with Crippen molar-refractivity contribution in [2.75, 3.05) is 17.2 Å². The molecular weight excluding hydrogens is 389 g/mol. The van der Waals surface area contributed by atoms with Crippen LogP contribution >= 0.6 is 15.9 Å². The first-order chi connectivity index (χ1) is 9.97. The van der Waals surface area contributed by atoms with Crippen LogP contribution in [-0.4, -0.2) is 26.6 Å². The highest BCUT2D eigenvalue weighted by Gasteiger charge is 2.35. The van der Waals surface area contributed by atoms with Crippen LogP contribution < -0.4 is 10.0 Å². The lowest BCUT2D eigenvalue weighted by Gasteiger charge is -2.18. The number of rotatable bonds is 3. The van der Waals surface area contributed by atoms with Gasteiger partial charge in [0.05, 0.1) is 11.3 Å². The molecule has 1 saturated heterocycles. The van der Waals surface area contributed by atoms with Crippen LogP contribution in [0.25, 0.3) is 0 Å². The van der Waals surface area contributed by atoms with Crippen LogP contribution in [-0.2, 0) is 21.0 Å². The van der Waals surface area contributed by atoms with E-state index in [-0.39, 0.29) is 34.8 Å². The van der Waals surface area contributed by atoms with Crippen LogP contribution in [0, 0.1) is 5.92 Å². The average molecular weight is 401 g/mol. The lowest BCUT2D eigenvalue weighted by Crippen LogP contribution is -2.27. The predicted molar refractivity (Wildman–Crippen MR) is 77.6 cm³/mol. The summed E-state index contributed by atoms with van der Waals surface area (Å²) < 4.78 is 60.0. The number of amides is 1. The number of sulfonamides is 1. The quantitative estimate of drug-likeness (QED) is 0.843. The largest absolute Gasteiger partial charge is 0.417 e. The van der Waals surface area contributed by atoms with E-state index < -0.39 is 27.7 Å². The zero-order valence-electron chi connectivity index (χ0n) is 11.1. The highest BCUT2D eigenvalue weighted by atomic mass is 79.9. The molecule has 0 saturated carbocycles. The number of primary sulfonamides is 1. The van der Waals surface area contributed by atoms with E-state index in [4.69, 9.17) is 5.14 Å².